The van der Waals surface area contributed by atoms with Gasteiger partial charge in [0.2, 0.25) is 5.78 Å². The molecule has 0 saturated heterocycles. The second kappa shape index (κ2) is 13.9. The third-order valence-corrected chi connectivity index (χ3v) is 10.1. The standard InChI is InChI=1S/C39H42N3O5.BrH/c1-25-41(32-11-6-7-12-33(32)42(25)24-34(43)26-14-16-29(44-2)17-15-26)19-9-18-40-23-28-20-27-21-36(46-4)37(47-5)22-31(27)38(28)30-10-8-13-35(45-3)39(30)40;/h6-8,10-17,21-22,28,38H,9,18-20,23-24H2,1-5H3;1H/q+1;/p-1/t28-,38-;/m0./s1. The normalized spacial score (nSPS) is 16.1. The molecule has 2 heterocycles. The molecule has 0 N–H and O–H groups in total. The molecule has 2 atom stereocenters. The fourth-order valence-electron chi connectivity index (χ4n) is 7.85. The van der Waals surface area contributed by atoms with E-state index in [1.165, 1.54) is 22.4 Å². The number of para-hydroxylation sites is 3. The van der Waals surface area contributed by atoms with Crippen molar-refractivity contribution < 1.29 is 45.3 Å². The molecule has 0 fully saturated rings. The van der Waals surface area contributed by atoms with Crippen molar-refractivity contribution >= 4 is 22.5 Å². The first-order chi connectivity index (χ1) is 22.9. The van der Waals surface area contributed by atoms with Crippen molar-refractivity contribution in [3.63, 3.8) is 0 Å². The van der Waals surface area contributed by atoms with Crippen molar-refractivity contribution in [2.75, 3.05) is 46.4 Å². The first kappa shape index (κ1) is 33.4. The van der Waals surface area contributed by atoms with Crippen molar-refractivity contribution in [1.29, 1.82) is 0 Å². The highest BCUT2D eigenvalue weighted by atomic mass is 79.9. The Kier molecular flexibility index (Phi) is 9.69. The number of anilines is 1. The van der Waals surface area contributed by atoms with Gasteiger partial charge in [-0.3, -0.25) is 4.79 Å². The lowest BCUT2D eigenvalue weighted by atomic mass is 9.81. The van der Waals surface area contributed by atoms with Crippen LogP contribution in [0.2, 0.25) is 0 Å². The zero-order valence-corrected chi connectivity index (χ0v) is 29.7. The number of carbonyl (C=O) groups is 1. The molecule has 7 rings (SSSR count). The Balaban J connectivity index is 0.00000401. The number of ether oxygens (including phenoxy) is 4. The van der Waals surface area contributed by atoms with Crippen LogP contribution in [0.4, 0.5) is 5.69 Å². The van der Waals surface area contributed by atoms with Gasteiger partial charge in [-0.2, -0.15) is 0 Å². The highest BCUT2D eigenvalue weighted by molar-refractivity contribution is 5.95. The van der Waals surface area contributed by atoms with Crippen molar-refractivity contribution in [3.8, 4) is 23.0 Å². The molecule has 8 nitrogen and oxygen atoms in total. The van der Waals surface area contributed by atoms with E-state index in [1.807, 2.05) is 30.3 Å². The van der Waals surface area contributed by atoms with E-state index in [0.29, 0.717) is 11.5 Å². The molecule has 2 aliphatic rings. The molecule has 0 unspecified atom stereocenters. The number of ketones is 1. The third kappa shape index (κ3) is 5.78. The number of carbonyl (C=O) groups excluding carboxylic acids is 1. The van der Waals surface area contributed by atoms with Crippen molar-refractivity contribution in [2.45, 2.75) is 38.8 Å². The maximum Gasteiger partial charge on any atom is 0.254 e. The van der Waals surface area contributed by atoms with E-state index in [-0.39, 0.29) is 35.2 Å². The van der Waals surface area contributed by atoms with Crippen LogP contribution < -0.4 is 45.4 Å². The molecule has 1 aromatic heterocycles. The first-order valence-corrected chi connectivity index (χ1v) is 16.3. The van der Waals surface area contributed by atoms with Crippen LogP contribution in [-0.2, 0) is 19.5 Å². The van der Waals surface area contributed by atoms with Crippen LogP contribution >= 0.6 is 0 Å². The van der Waals surface area contributed by atoms with E-state index in [1.54, 1.807) is 28.4 Å². The highest BCUT2D eigenvalue weighted by Gasteiger charge is 2.42. The zero-order valence-electron chi connectivity index (χ0n) is 28.2. The van der Waals surface area contributed by atoms with Gasteiger partial charge in [0, 0.05) is 37.9 Å². The minimum atomic E-state index is 0. The van der Waals surface area contributed by atoms with Crippen LogP contribution in [0, 0.1) is 12.8 Å². The number of imidazole rings is 1. The molecular weight excluding hydrogens is 670 g/mol. The lowest BCUT2D eigenvalue weighted by Gasteiger charge is -2.39. The topological polar surface area (TPSA) is 66.0 Å². The Morgan fingerprint density at radius 1 is 0.812 bits per heavy atom. The summed E-state index contributed by atoms with van der Waals surface area (Å²) in [6.07, 6.45) is 1.94. The number of Topliss-reactive ketones (excluding diaryl/α,β-unsaturated/α-hetero) is 1. The fourth-order valence-corrected chi connectivity index (χ4v) is 7.85. The van der Waals surface area contributed by atoms with Crippen LogP contribution in [0.3, 0.4) is 0 Å². The summed E-state index contributed by atoms with van der Waals surface area (Å²) in [5.74, 6) is 5.07. The summed E-state index contributed by atoms with van der Waals surface area (Å²) < 4.78 is 27.1. The van der Waals surface area contributed by atoms with Gasteiger partial charge in [-0.15, -0.1) is 0 Å². The fraction of sp³-hybridized carbons (Fsp3) is 0.333. The molecule has 0 bridgehead atoms. The molecule has 0 amide bonds. The highest BCUT2D eigenvalue weighted by Crippen LogP contribution is 2.53. The number of methoxy groups -OCH3 is 4. The Hall–Kier alpha value is -4.50. The SMILES string of the molecule is COc1ccc(C(=O)C[n+]2c(C)n(CCCN3C[C@@H]4Cc5cc(OC)c(OC)cc5[C@@H]4c4cccc(OC)c43)c3ccccc32)cc1.[Br-]. The number of hydrogen-bond donors (Lipinski definition) is 0. The Morgan fingerprint density at radius 2 is 1.54 bits per heavy atom. The lowest BCUT2D eigenvalue weighted by molar-refractivity contribution is -0.664. The molecule has 1 aliphatic carbocycles. The number of hydrogen-bond acceptors (Lipinski definition) is 6. The molecule has 48 heavy (non-hydrogen) atoms. The van der Waals surface area contributed by atoms with E-state index in [0.717, 1.165) is 72.3 Å². The molecule has 5 aromatic rings. The zero-order chi connectivity index (χ0) is 32.7. The summed E-state index contributed by atoms with van der Waals surface area (Å²) >= 11 is 0. The second-order valence-corrected chi connectivity index (χ2v) is 12.5. The Morgan fingerprint density at radius 3 is 2.27 bits per heavy atom. The molecule has 0 saturated carbocycles. The quantitative estimate of drug-likeness (QED) is 0.155. The Bertz CT molecular complexity index is 1950. The van der Waals surface area contributed by atoms with Crippen LogP contribution in [0.5, 0.6) is 23.0 Å². The molecule has 1 aliphatic heterocycles. The Labute approximate surface area is 292 Å². The number of halogens is 1. The molecule has 0 radical (unpaired) electrons. The van der Waals surface area contributed by atoms with Crippen molar-refractivity contribution in [3.05, 3.63) is 107 Å². The lowest BCUT2D eigenvalue weighted by Crippen LogP contribution is -3.00. The maximum atomic E-state index is 13.4. The van der Waals surface area contributed by atoms with Gasteiger partial charge in [0.25, 0.3) is 5.82 Å². The molecule has 0 spiro atoms. The van der Waals surface area contributed by atoms with Gasteiger partial charge < -0.3 is 40.8 Å². The van der Waals surface area contributed by atoms with Crippen molar-refractivity contribution in [1.82, 2.24) is 4.57 Å². The van der Waals surface area contributed by atoms with Crippen molar-refractivity contribution in [2.24, 2.45) is 5.92 Å². The number of rotatable bonds is 11. The van der Waals surface area contributed by atoms with E-state index in [9.17, 15) is 4.79 Å². The molecule has 9 heteroatoms. The molecule has 4 aromatic carbocycles. The molecular formula is C39H42BrN3O5. The van der Waals surface area contributed by atoms with Crippen LogP contribution in [0.25, 0.3) is 11.0 Å². The summed E-state index contributed by atoms with van der Waals surface area (Å²) in [7, 11) is 6.79. The number of aromatic nitrogens is 2. The van der Waals surface area contributed by atoms with Gasteiger partial charge in [0.05, 0.1) is 40.7 Å². The predicted molar refractivity (Wildman–Crippen MR) is 183 cm³/mol. The van der Waals surface area contributed by atoms with Crippen LogP contribution in [0.15, 0.2) is 78.9 Å². The monoisotopic (exact) mass is 711 g/mol. The second-order valence-electron chi connectivity index (χ2n) is 12.5. The largest absolute Gasteiger partial charge is 1.00 e. The van der Waals surface area contributed by atoms with Crippen LogP contribution in [0.1, 0.15) is 45.2 Å². The number of fused-ring (bicyclic) bond motifs is 6. The van der Waals surface area contributed by atoms with E-state index in [4.69, 9.17) is 18.9 Å². The smallest absolute Gasteiger partial charge is 0.254 e. The number of nitrogens with zero attached hydrogens (tertiary/aromatic N) is 3. The van der Waals surface area contributed by atoms with Gasteiger partial charge in [0.1, 0.15) is 11.5 Å². The molecule has 250 valence electrons. The summed E-state index contributed by atoms with van der Waals surface area (Å²) in [5.41, 5.74) is 8.03. The van der Waals surface area contributed by atoms with Gasteiger partial charge in [-0.25, -0.2) is 9.13 Å². The van der Waals surface area contributed by atoms with Gasteiger partial charge in [-0.05, 0) is 83.6 Å². The van der Waals surface area contributed by atoms with E-state index in [2.05, 4.69) is 69.5 Å². The number of aryl methyl sites for hydroxylation is 1. The van der Waals surface area contributed by atoms with Crippen LogP contribution in [-0.4, -0.2) is 51.9 Å². The van der Waals surface area contributed by atoms with E-state index < -0.39 is 0 Å². The first-order valence-electron chi connectivity index (χ1n) is 16.3. The summed E-state index contributed by atoms with van der Waals surface area (Å²) in [6, 6.07) is 26.5. The van der Waals surface area contributed by atoms with E-state index >= 15 is 0 Å². The summed E-state index contributed by atoms with van der Waals surface area (Å²) in [4.78, 5) is 15.9. The maximum absolute atomic E-state index is 13.4. The third-order valence-electron chi connectivity index (χ3n) is 10.1. The minimum absolute atomic E-state index is 0. The summed E-state index contributed by atoms with van der Waals surface area (Å²) in [5, 5.41) is 0. The minimum Gasteiger partial charge on any atom is -1.00 e. The number of benzene rings is 4. The van der Waals surface area contributed by atoms with Gasteiger partial charge in [0.15, 0.2) is 29.1 Å². The summed E-state index contributed by atoms with van der Waals surface area (Å²) in [6.45, 7) is 5.06. The van der Waals surface area contributed by atoms with Gasteiger partial charge in [-0.1, -0.05) is 24.3 Å². The average Bonchev–Trinajstić information content (AvgIpc) is 3.60. The predicted octanol–water partition coefficient (Wildman–Crippen LogP) is 3.37. The average molecular weight is 713 g/mol. The van der Waals surface area contributed by atoms with Gasteiger partial charge >= 0.3 is 0 Å².